The number of hydrogen-bond acceptors (Lipinski definition) is 3. The number of ether oxygens (including phenoxy) is 1. The van der Waals surface area contributed by atoms with Crippen LogP contribution in [0.15, 0.2) is 59.5 Å². The molecule has 0 aliphatic carbocycles. The highest BCUT2D eigenvalue weighted by molar-refractivity contribution is 7.89. The first-order chi connectivity index (χ1) is 10.1. The van der Waals surface area contributed by atoms with Gasteiger partial charge in [-0.15, -0.1) is 0 Å². The molecular weight excluding hydrogens is 286 g/mol. The third kappa shape index (κ3) is 2.94. The number of sulfonamides is 1. The highest BCUT2D eigenvalue weighted by atomic mass is 32.2. The fourth-order valence-electron chi connectivity index (χ4n) is 2.38. The summed E-state index contributed by atoms with van der Waals surface area (Å²) in [5.74, 6) is 0.809. The summed E-state index contributed by atoms with van der Waals surface area (Å²) in [6.07, 6.45) is 0.732. The van der Waals surface area contributed by atoms with E-state index < -0.39 is 10.0 Å². The van der Waals surface area contributed by atoms with Gasteiger partial charge in [-0.2, -0.15) is 4.31 Å². The Morgan fingerprint density at radius 3 is 2.38 bits per heavy atom. The van der Waals surface area contributed by atoms with Crippen molar-refractivity contribution < 1.29 is 13.2 Å². The fraction of sp³-hybridized carbons (Fsp3) is 0.250. The molecule has 4 nitrogen and oxygen atoms in total. The van der Waals surface area contributed by atoms with E-state index in [1.807, 2.05) is 30.3 Å². The van der Waals surface area contributed by atoms with Crippen LogP contribution in [0.1, 0.15) is 5.56 Å². The molecule has 3 rings (SSSR count). The van der Waals surface area contributed by atoms with Crippen LogP contribution in [0.4, 0.5) is 0 Å². The summed E-state index contributed by atoms with van der Waals surface area (Å²) < 4.78 is 31.5. The molecule has 1 aliphatic rings. The maximum Gasteiger partial charge on any atom is 0.243 e. The molecule has 0 radical (unpaired) electrons. The van der Waals surface area contributed by atoms with E-state index >= 15 is 0 Å². The van der Waals surface area contributed by atoms with E-state index in [1.165, 1.54) is 0 Å². The summed E-state index contributed by atoms with van der Waals surface area (Å²) in [6, 6.07) is 16.4. The lowest BCUT2D eigenvalue weighted by atomic mass is 10.1. The van der Waals surface area contributed by atoms with Crippen molar-refractivity contribution in [3.8, 4) is 5.75 Å². The van der Waals surface area contributed by atoms with E-state index in [2.05, 4.69) is 0 Å². The van der Waals surface area contributed by atoms with Crippen molar-refractivity contribution in [2.75, 3.05) is 13.7 Å². The number of benzene rings is 2. The molecule has 0 bridgehead atoms. The molecule has 2 aromatic carbocycles. The van der Waals surface area contributed by atoms with Gasteiger partial charge >= 0.3 is 0 Å². The van der Waals surface area contributed by atoms with Gasteiger partial charge in [0.2, 0.25) is 10.0 Å². The number of hydrogen-bond donors (Lipinski definition) is 0. The summed E-state index contributed by atoms with van der Waals surface area (Å²) in [6.45, 7) is 0.587. The Kier molecular flexibility index (Phi) is 3.69. The number of rotatable bonds is 5. The van der Waals surface area contributed by atoms with Gasteiger partial charge in [-0.3, -0.25) is 0 Å². The van der Waals surface area contributed by atoms with Crippen molar-refractivity contribution >= 4 is 10.0 Å². The van der Waals surface area contributed by atoms with E-state index in [4.69, 9.17) is 4.74 Å². The molecule has 5 heteroatoms. The largest absolute Gasteiger partial charge is 0.497 e. The minimum atomic E-state index is -3.34. The van der Waals surface area contributed by atoms with Crippen molar-refractivity contribution in [2.45, 2.75) is 17.4 Å². The Hall–Kier alpha value is -1.85. The summed E-state index contributed by atoms with van der Waals surface area (Å²) in [7, 11) is -1.71. The zero-order valence-corrected chi connectivity index (χ0v) is 12.6. The van der Waals surface area contributed by atoms with Gasteiger partial charge in [-0.25, -0.2) is 8.42 Å². The van der Waals surface area contributed by atoms with Crippen LogP contribution in [0, 0.1) is 0 Å². The van der Waals surface area contributed by atoms with Gasteiger partial charge < -0.3 is 4.74 Å². The Morgan fingerprint density at radius 2 is 1.76 bits per heavy atom. The van der Waals surface area contributed by atoms with Gasteiger partial charge in [0.1, 0.15) is 5.75 Å². The van der Waals surface area contributed by atoms with Crippen molar-refractivity contribution in [3.05, 3.63) is 60.2 Å². The van der Waals surface area contributed by atoms with Crippen LogP contribution >= 0.6 is 0 Å². The summed E-state index contributed by atoms with van der Waals surface area (Å²) in [5, 5.41) is 0. The molecule has 0 aromatic heterocycles. The predicted octanol–water partition coefficient (Wildman–Crippen LogP) is 2.31. The van der Waals surface area contributed by atoms with Gasteiger partial charge in [-0.1, -0.05) is 30.3 Å². The Labute approximate surface area is 125 Å². The Bertz CT molecular complexity index is 711. The molecule has 2 aromatic rings. The molecule has 2 atom stereocenters. The van der Waals surface area contributed by atoms with Crippen molar-refractivity contribution in [2.24, 2.45) is 0 Å². The Balaban J connectivity index is 1.68. The van der Waals surface area contributed by atoms with E-state index in [9.17, 15) is 8.42 Å². The molecule has 0 amide bonds. The molecule has 1 heterocycles. The molecule has 1 aliphatic heterocycles. The first-order valence-electron chi connectivity index (χ1n) is 6.81. The van der Waals surface area contributed by atoms with E-state index in [-0.39, 0.29) is 6.04 Å². The van der Waals surface area contributed by atoms with Crippen LogP contribution in [-0.4, -0.2) is 32.4 Å². The maximum atomic E-state index is 12.4. The van der Waals surface area contributed by atoms with Crippen molar-refractivity contribution in [3.63, 3.8) is 0 Å². The van der Waals surface area contributed by atoms with Crippen LogP contribution in [0.2, 0.25) is 0 Å². The maximum absolute atomic E-state index is 12.4. The third-order valence-electron chi connectivity index (χ3n) is 3.64. The number of nitrogens with zero attached hydrogens (tertiary/aromatic N) is 1. The molecule has 1 fully saturated rings. The average Bonchev–Trinajstić information content (AvgIpc) is 3.29. The van der Waals surface area contributed by atoms with Crippen LogP contribution in [-0.2, 0) is 16.4 Å². The summed E-state index contributed by atoms with van der Waals surface area (Å²) in [4.78, 5) is 0.363. The summed E-state index contributed by atoms with van der Waals surface area (Å²) >= 11 is 0. The topological polar surface area (TPSA) is 46.4 Å². The molecule has 110 valence electrons. The van der Waals surface area contributed by atoms with Crippen LogP contribution < -0.4 is 4.74 Å². The normalized spacial score (nSPS) is 21.0. The molecular formula is C16H17NO3S. The second-order valence-corrected chi connectivity index (χ2v) is 6.98. The van der Waals surface area contributed by atoms with E-state index in [1.54, 1.807) is 35.7 Å². The fourth-order valence-corrected chi connectivity index (χ4v) is 3.99. The second-order valence-electron chi connectivity index (χ2n) is 5.09. The predicted molar refractivity (Wildman–Crippen MR) is 80.8 cm³/mol. The van der Waals surface area contributed by atoms with Crippen molar-refractivity contribution in [1.82, 2.24) is 4.31 Å². The molecule has 2 unspecified atom stereocenters. The van der Waals surface area contributed by atoms with Gasteiger partial charge in [0.25, 0.3) is 0 Å². The third-order valence-corrected chi connectivity index (χ3v) is 5.58. The highest BCUT2D eigenvalue weighted by Gasteiger charge is 2.44. The van der Waals surface area contributed by atoms with E-state index in [0.29, 0.717) is 11.4 Å². The summed E-state index contributed by atoms with van der Waals surface area (Å²) in [5.41, 5.74) is 1.12. The van der Waals surface area contributed by atoms with Crippen LogP contribution in [0.3, 0.4) is 0 Å². The smallest absolute Gasteiger partial charge is 0.243 e. The molecule has 1 saturated heterocycles. The molecule has 0 saturated carbocycles. The first-order valence-corrected chi connectivity index (χ1v) is 8.25. The average molecular weight is 303 g/mol. The SMILES string of the molecule is COc1ccc(CC2CN2S(=O)(=O)c2ccccc2)cc1. The zero-order chi connectivity index (χ0) is 14.9. The molecule has 0 N–H and O–H groups in total. The molecule has 0 spiro atoms. The van der Waals surface area contributed by atoms with Crippen LogP contribution in [0.5, 0.6) is 5.75 Å². The van der Waals surface area contributed by atoms with Crippen LogP contribution in [0.25, 0.3) is 0 Å². The van der Waals surface area contributed by atoms with Gasteiger partial charge in [-0.05, 0) is 36.2 Å². The first kappa shape index (κ1) is 14.1. The van der Waals surface area contributed by atoms with Gasteiger partial charge in [0, 0.05) is 12.6 Å². The standard InChI is InChI=1S/C16H17NO3S/c1-20-15-9-7-13(8-10-15)11-14-12-17(14)21(18,19)16-5-3-2-4-6-16/h2-10,14H,11-12H2,1H3. The van der Waals surface area contributed by atoms with Gasteiger partial charge in [0.15, 0.2) is 0 Å². The monoisotopic (exact) mass is 303 g/mol. The molecule has 21 heavy (non-hydrogen) atoms. The van der Waals surface area contributed by atoms with Gasteiger partial charge in [0.05, 0.1) is 12.0 Å². The van der Waals surface area contributed by atoms with E-state index in [0.717, 1.165) is 17.7 Å². The quantitative estimate of drug-likeness (QED) is 0.796. The Morgan fingerprint density at radius 1 is 1.10 bits per heavy atom. The minimum absolute atomic E-state index is 0.0589. The zero-order valence-electron chi connectivity index (χ0n) is 11.8. The highest BCUT2D eigenvalue weighted by Crippen LogP contribution is 2.30. The lowest BCUT2D eigenvalue weighted by Gasteiger charge is -2.06. The minimum Gasteiger partial charge on any atom is -0.497 e. The second kappa shape index (κ2) is 5.50. The lowest BCUT2D eigenvalue weighted by Crippen LogP contribution is -2.15. The van der Waals surface area contributed by atoms with Crippen molar-refractivity contribution in [1.29, 1.82) is 0 Å². The lowest BCUT2D eigenvalue weighted by molar-refractivity contribution is 0.414. The number of methoxy groups -OCH3 is 1.